The van der Waals surface area contributed by atoms with Crippen molar-refractivity contribution < 1.29 is 29.3 Å². The normalized spacial score (nSPS) is 10.8. The van der Waals surface area contributed by atoms with E-state index in [0.29, 0.717) is 11.6 Å². The van der Waals surface area contributed by atoms with Crippen LogP contribution in [0.3, 0.4) is 0 Å². The van der Waals surface area contributed by atoms with Crippen LogP contribution in [0.25, 0.3) is 5.69 Å². The smallest absolute Gasteiger partial charge is 0.359 e. The molecule has 0 radical (unpaired) electrons. The summed E-state index contributed by atoms with van der Waals surface area (Å²) in [4.78, 5) is 24.6. The SMILES string of the molecule is CCOC(=O)c1c(O)c(O)c(C(=O)OCC)n1-c1ccc(C(C)C)cc1. The quantitative estimate of drug-likeness (QED) is 0.766. The first-order valence-electron chi connectivity index (χ1n) is 8.44. The molecule has 1 aromatic carbocycles. The molecule has 7 nitrogen and oxygen atoms in total. The number of carbonyl (C=O) groups is 2. The van der Waals surface area contributed by atoms with Gasteiger partial charge in [0.25, 0.3) is 0 Å². The number of aromatic nitrogens is 1. The van der Waals surface area contributed by atoms with Crippen molar-refractivity contribution >= 4 is 11.9 Å². The van der Waals surface area contributed by atoms with Gasteiger partial charge in [0.05, 0.1) is 13.2 Å². The Kier molecular flexibility index (Phi) is 5.92. The summed E-state index contributed by atoms with van der Waals surface area (Å²) in [6.45, 7) is 7.46. The van der Waals surface area contributed by atoms with Crippen molar-refractivity contribution in [2.45, 2.75) is 33.6 Å². The second-order valence-electron chi connectivity index (χ2n) is 5.92. The van der Waals surface area contributed by atoms with Gasteiger partial charge in [0.2, 0.25) is 0 Å². The lowest BCUT2D eigenvalue weighted by Crippen LogP contribution is -2.17. The lowest BCUT2D eigenvalue weighted by Gasteiger charge is -2.13. The van der Waals surface area contributed by atoms with E-state index in [1.54, 1.807) is 26.0 Å². The molecule has 0 atom stereocenters. The number of benzene rings is 1. The summed E-state index contributed by atoms with van der Waals surface area (Å²) in [6, 6.07) is 7.08. The average Bonchev–Trinajstić information content (AvgIpc) is 2.87. The molecule has 0 amide bonds. The molecule has 26 heavy (non-hydrogen) atoms. The molecular formula is C19H23NO6. The van der Waals surface area contributed by atoms with Gasteiger partial charge in [-0.1, -0.05) is 26.0 Å². The van der Waals surface area contributed by atoms with E-state index in [1.807, 2.05) is 26.0 Å². The largest absolute Gasteiger partial charge is 0.503 e. The van der Waals surface area contributed by atoms with Crippen LogP contribution in [0.4, 0.5) is 0 Å². The highest BCUT2D eigenvalue weighted by atomic mass is 16.5. The van der Waals surface area contributed by atoms with E-state index in [1.165, 1.54) is 0 Å². The first kappa shape index (κ1) is 19.4. The van der Waals surface area contributed by atoms with E-state index < -0.39 is 23.4 Å². The third-order valence-corrected chi connectivity index (χ3v) is 3.88. The van der Waals surface area contributed by atoms with Crippen LogP contribution < -0.4 is 0 Å². The maximum Gasteiger partial charge on any atom is 0.359 e. The minimum Gasteiger partial charge on any atom is -0.503 e. The maximum atomic E-state index is 12.3. The molecule has 0 saturated carbocycles. The molecule has 0 aliphatic rings. The van der Waals surface area contributed by atoms with Crippen molar-refractivity contribution in [2.75, 3.05) is 13.2 Å². The van der Waals surface area contributed by atoms with Crippen LogP contribution in [0, 0.1) is 0 Å². The molecule has 2 rings (SSSR count). The number of ether oxygens (including phenoxy) is 2. The maximum absolute atomic E-state index is 12.3. The van der Waals surface area contributed by atoms with Gasteiger partial charge in [-0.25, -0.2) is 9.59 Å². The summed E-state index contributed by atoms with van der Waals surface area (Å²) >= 11 is 0. The van der Waals surface area contributed by atoms with Gasteiger partial charge in [-0.3, -0.25) is 4.57 Å². The van der Waals surface area contributed by atoms with Crippen LogP contribution in [0.15, 0.2) is 24.3 Å². The fraction of sp³-hybridized carbons (Fsp3) is 0.368. The Labute approximate surface area is 151 Å². The fourth-order valence-electron chi connectivity index (χ4n) is 2.59. The number of nitrogens with zero attached hydrogens (tertiary/aromatic N) is 1. The van der Waals surface area contributed by atoms with Crippen LogP contribution in [-0.2, 0) is 9.47 Å². The van der Waals surface area contributed by atoms with Gasteiger partial charge in [-0.05, 0) is 37.5 Å². The van der Waals surface area contributed by atoms with Gasteiger partial charge in [0.1, 0.15) is 0 Å². The molecule has 1 heterocycles. The summed E-state index contributed by atoms with van der Waals surface area (Å²) in [5, 5.41) is 20.5. The lowest BCUT2D eigenvalue weighted by atomic mass is 10.0. The third-order valence-electron chi connectivity index (χ3n) is 3.88. The molecule has 2 N–H and O–H groups in total. The first-order valence-corrected chi connectivity index (χ1v) is 8.44. The van der Waals surface area contributed by atoms with E-state index in [9.17, 15) is 19.8 Å². The number of hydrogen-bond donors (Lipinski definition) is 2. The lowest BCUT2D eigenvalue weighted by molar-refractivity contribution is 0.0507. The number of carbonyl (C=O) groups excluding carboxylic acids is 2. The molecule has 0 aliphatic carbocycles. The summed E-state index contributed by atoms with van der Waals surface area (Å²) in [5.41, 5.74) is 0.815. The molecule has 0 aliphatic heterocycles. The molecule has 7 heteroatoms. The Morgan fingerprint density at radius 3 is 1.69 bits per heavy atom. The highest BCUT2D eigenvalue weighted by Crippen LogP contribution is 2.39. The van der Waals surface area contributed by atoms with Crippen LogP contribution in [0.1, 0.15) is 60.2 Å². The van der Waals surface area contributed by atoms with Crippen LogP contribution >= 0.6 is 0 Å². The van der Waals surface area contributed by atoms with Crippen molar-refractivity contribution in [1.29, 1.82) is 0 Å². The Hall–Kier alpha value is -2.96. The topological polar surface area (TPSA) is 98.0 Å². The molecule has 1 aromatic heterocycles. The Morgan fingerprint density at radius 1 is 0.923 bits per heavy atom. The fourth-order valence-corrected chi connectivity index (χ4v) is 2.59. The zero-order valence-electron chi connectivity index (χ0n) is 15.3. The highest BCUT2D eigenvalue weighted by molar-refractivity contribution is 6.00. The molecule has 0 fully saturated rings. The predicted molar refractivity (Wildman–Crippen MR) is 95.1 cm³/mol. The van der Waals surface area contributed by atoms with E-state index in [2.05, 4.69) is 0 Å². The third kappa shape index (κ3) is 3.51. The number of hydrogen-bond acceptors (Lipinski definition) is 6. The Balaban J connectivity index is 2.72. The molecular weight excluding hydrogens is 338 g/mol. The Bertz CT molecular complexity index is 763. The van der Waals surface area contributed by atoms with Crippen molar-refractivity contribution in [1.82, 2.24) is 4.57 Å². The van der Waals surface area contributed by atoms with E-state index >= 15 is 0 Å². The average molecular weight is 361 g/mol. The van der Waals surface area contributed by atoms with Crippen LogP contribution in [0.5, 0.6) is 11.5 Å². The van der Waals surface area contributed by atoms with E-state index in [4.69, 9.17) is 9.47 Å². The van der Waals surface area contributed by atoms with E-state index in [0.717, 1.165) is 10.1 Å². The van der Waals surface area contributed by atoms with Gasteiger partial charge < -0.3 is 19.7 Å². The second-order valence-corrected chi connectivity index (χ2v) is 5.92. The van der Waals surface area contributed by atoms with E-state index in [-0.39, 0.29) is 24.6 Å². The molecule has 0 spiro atoms. The van der Waals surface area contributed by atoms with Crippen molar-refractivity contribution in [3.05, 3.63) is 41.2 Å². The van der Waals surface area contributed by atoms with Crippen molar-refractivity contribution in [3.8, 4) is 17.2 Å². The van der Waals surface area contributed by atoms with Crippen molar-refractivity contribution in [2.24, 2.45) is 0 Å². The van der Waals surface area contributed by atoms with Gasteiger partial charge in [-0.2, -0.15) is 0 Å². The van der Waals surface area contributed by atoms with Gasteiger partial charge >= 0.3 is 11.9 Å². The zero-order chi connectivity index (χ0) is 19.4. The summed E-state index contributed by atoms with van der Waals surface area (Å²) < 4.78 is 11.1. The molecule has 140 valence electrons. The minimum atomic E-state index is -0.858. The zero-order valence-corrected chi connectivity index (χ0v) is 15.3. The number of aromatic hydroxyl groups is 2. The first-order chi connectivity index (χ1) is 12.3. The molecule has 2 aromatic rings. The minimum absolute atomic E-state index is 0.0746. The number of esters is 2. The standard InChI is InChI=1S/C19H23NO6/c1-5-25-18(23)14-16(21)17(22)15(19(24)26-6-2)20(14)13-9-7-12(8-10-13)11(3)4/h7-11,21-22H,5-6H2,1-4H3. The van der Waals surface area contributed by atoms with Gasteiger partial charge in [-0.15, -0.1) is 0 Å². The van der Waals surface area contributed by atoms with Crippen LogP contribution in [0.2, 0.25) is 0 Å². The molecule has 0 bridgehead atoms. The monoisotopic (exact) mass is 361 g/mol. The van der Waals surface area contributed by atoms with Crippen LogP contribution in [-0.4, -0.2) is 39.9 Å². The summed E-state index contributed by atoms with van der Waals surface area (Å²) in [5.74, 6) is -2.86. The molecule has 0 unspecified atom stereocenters. The highest BCUT2D eigenvalue weighted by Gasteiger charge is 2.33. The second kappa shape index (κ2) is 7.95. The summed E-state index contributed by atoms with van der Waals surface area (Å²) in [6.07, 6.45) is 0. The Morgan fingerprint density at radius 2 is 1.35 bits per heavy atom. The van der Waals surface area contributed by atoms with Gasteiger partial charge in [0.15, 0.2) is 22.9 Å². The van der Waals surface area contributed by atoms with Crippen molar-refractivity contribution in [3.63, 3.8) is 0 Å². The summed E-state index contributed by atoms with van der Waals surface area (Å²) in [7, 11) is 0. The number of rotatable bonds is 6. The van der Waals surface area contributed by atoms with Gasteiger partial charge in [0, 0.05) is 5.69 Å². The predicted octanol–water partition coefficient (Wildman–Crippen LogP) is 3.37. The molecule has 0 saturated heterocycles.